The average molecular weight is 330 g/mol. The molecule has 0 saturated carbocycles. The predicted molar refractivity (Wildman–Crippen MR) is 69.1 cm³/mol. The summed E-state index contributed by atoms with van der Waals surface area (Å²) in [7, 11) is 0. The Morgan fingerprint density at radius 1 is 1.05 bits per heavy atom. The van der Waals surface area contributed by atoms with Gasteiger partial charge in [-0.1, -0.05) is 0 Å². The zero-order chi connectivity index (χ0) is 15.5. The van der Waals surface area contributed by atoms with Gasteiger partial charge in [-0.15, -0.1) is 0 Å². The van der Waals surface area contributed by atoms with Gasteiger partial charge >= 0.3 is 128 Å². The first kappa shape index (κ1) is 16.0. The van der Waals surface area contributed by atoms with Gasteiger partial charge in [0.15, 0.2) is 0 Å². The molecule has 2 aliphatic rings. The monoisotopic (exact) mass is 330 g/mol. The molecule has 0 N–H and O–H groups in total. The Kier molecular flexibility index (Phi) is 4.69. The Labute approximate surface area is 127 Å². The molecule has 0 spiro atoms. The number of hydrogen-bond acceptors (Lipinski definition) is 6. The molecule has 0 saturated heterocycles. The zero-order valence-electron chi connectivity index (χ0n) is 12.1. The number of rotatable bonds is 7. The van der Waals surface area contributed by atoms with Gasteiger partial charge in [-0.05, 0) is 0 Å². The van der Waals surface area contributed by atoms with E-state index < -0.39 is 21.5 Å². The Morgan fingerprint density at radius 3 is 2.10 bits per heavy atom. The molecule has 0 heterocycles. The van der Waals surface area contributed by atoms with E-state index in [2.05, 4.69) is 0 Å². The van der Waals surface area contributed by atoms with E-state index in [1.54, 1.807) is 0 Å². The summed E-state index contributed by atoms with van der Waals surface area (Å²) < 4.78 is 14.5. The molecule has 0 fully saturated rings. The number of allylic oxidation sites excluding steroid dienone is 4. The summed E-state index contributed by atoms with van der Waals surface area (Å²) in [5, 5.41) is 0. The van der Waals surface area contributed by atoms with E-state index >= 15 is 0 Å². The molecule has 0 aliphatic heterocycles. The van der Waals surface area contributed by atoms with Crippen molar-refractivity contribution in [1.29, 1.82) is 0 Å². The normalized spacial score (nSPS) is 24.8. The molecule has 2 aliphatic carbocycles. The minimum atomic E-state index is -4.50. The van der Waals surface area contributed by atoms with Crippen molar-refractivity contribution in [3.05, 3.63) is 22.8 Å². The van der Waals surface area contributed by atoms with E-state index in [4.69, 9.17) is 9.96 Å². The molecule has 0 aromatic carbocycles. The van der Waals surface area contributed by atoms with Crippen LogP contribution in [0.3, 0.4) is 0 Å². The molecular formula is C14H18O6Ti. The molecule has 0 aromatic rings. The second-order valence-corrected chi connectivity index (χ2v) is 9.86. The fraction of sp³-hybridized carbons (Fsp3) is 0.500. The van der Waals surface area contributed by atoms with Crippen LogP contribution in [0.1, 0.15) is 39.5 Å². The molecule has 6 nitrogen and oxygen atoms in total. The van der Waals surface area contributed by atoms with Crippen molar-refractivity contribution < 1.29 is 42.1 Å². The molecule has 0 bridgehead atoms. The molecule has 0 aromatic heterocycles. The van der Waals surface area contributed by atoms with Crippen LogP contribution in [0, 0.1) is 0 Å². The van der Waals surface area contributed by atoms with E-state index in [0.29, 0.717) is 0 Å². The Morgan fingerprint density at radius 2 is 1.57 bits per heavy atom. The molecular weight excluding hydrogens is 312 g/mol. The Balaban J connectivity index is 2.56. The van der Waals surface area contributed by atoms with Crippen molar-refractivity contribution in [1.82, 2.24) is 0 Å². The SMILES string of the molecule is CC1=C[C](C)([Ti]([O]C=O)([O]C=O)[O]C=O)C2=C1CCCC2. The first-order valence-corrected chi connectivity index (χ1v) is 9.50. The summed E-state index contributed by atoms with van der Waals surface area (Å²) in [6.45, 7) is 4.39. The van der Waals surface area contributed by atoms with Crippen LogP contribution in [0.4, 0.5) is 0 Å². The van der Waals surface area contributed by atoms with Crippen molar-refractivity contribution in [3.8, 4) is 0 Å². The van der Waals surface area contributed by atoms with Crippen LogP contribution in [0.5, 0.6) is 0 Å². The topological polar surface area (TPSA) is 78.9 Å². The summed E-state index contributed by atoms with van der Waals surface area (Å²) in [4.78, 5) is 32.7. The Bertz CT molecular complexity index is 497. The molecule has 21 heavy (non-hydrogen) atoms. The van der Waals surface area contributed by atoms with E-state index in [-0.39, 0.29) is 19.4 Å². The van der Waals surface area contributed by atoms with Gasteiger partial charge in [-0.25, -0.2) is 0 Å². The van der Waals surface area contributed by atoms with Crippen LogP contribution in [0.25, 0.3) is 0 Å². The van der Waals surface area contributed by atoms with Crippen molar-refractivity contribution in [2.24, 2.45) is 0 Å². The number of carbonyl (C=O) groups is 3. The summed E-state index contributed by atoms with van der Waals surface area (Å²) in [5.74, 6) is 0. The van der Waals surface area contributed by atoms with Gasteiger partial charge < -0.3 is 0 Å². The van der Waals surface area contributed by atoms with Gasteiger partial charge in [0.2, 0.25) is 0 Å². The third-order valence-electron chi connectivity index (χ3n) is 4.32. The fourth-order valence-electron chi connectivity index (χ4n) is 3.43. The molecule has 1 unspecified atom stereocenters. The molecule has 114 valence electrons. The van der Waals surface area contributed by atoms with Crippen LogP contribution < -0.4 is 0 Å². The maximum absolute atomic E-state index is 10.9. The third-order valence-corrected chi connectivity index (χ3v) is 8.91. The number of carbonyl (C=O) groups excluding carboxylic acids is 3. The van der Waals surface area contributed by atoms with Gasteiger partial charge in [-0.3, -0.25) is 0 Å². The van der Waals surface area contributed by atoms with Gasteiger partial charge in [0.25, 0.3) is 0 Å². The summed E-state index contributed by atoms with van der Waals surface area (Å²) >= 11 is -4.50. The zero-order valence-corrected chi connectivity index (χ0v) is 13.6. The summed E-state index contributed by atoms with van der Waals surface area (Å²) in [6, 6.07) is 0. The van der Waals surface area contributed by atoms with Crippen LogP contribution in [-0.4, -0.2) is 19.4 Å². The first-order chi connectivity index (χ1) is 10.0. The number of hydrogen-bond donors (Lipinski definition) is 0. The average Bonchev–Trinajstić information content (AvgIpc) is 2.73. The van der Waals surface area contributed by atoms with Gasteiger partial charge in [0.05, 0.1) is 0 Å². The van der Waals surface area contributed by atoms with E-state index in [0.717, 1.165) is 36.8 Å². The van der Waals surface area contributed by atoms with Gasteiger partial charge in [0, 0.05) is 0 Å². The molecule has 1 atom stereocenters. The quantitative estimate of drug-likeness (QED) is 0.527. The third kappa shape index (κ3) is 2.47. The molecule has 0 radical (unpaired) electrons. The van der Waals surface area contributed by atoms with Crippen molar-refractivity contribution in [3.63, 3.8) is 0 Å². The van der Waals surface area contributed by atoms with Gasteiger partial charge in [0.1, 0.15) is 0 Å². The molecule has 0 amide bonds. The predicted octanol–water partition coefficient (Wildman–Crippen LogP) is 2.41. The van der Waals surface area contributed by atoms with Crippen molar-refractivity contribution in [2.45, 2.75) is 43.3 Å². The van der Waals surface area contributed by atoms with Gasteiger partial charge in [-0.2, -0.15) is 0 Å². The second kappa shape index (κ2) is 6.16. The van der Waals surface area contributed by atoms with E-state index in [1.165, 1.54) is 5.57 Å². The van der Waals surface area contributed by atoms with E-state index in [1.807, 2.05) is 19.9 Å². The second-order valence-electron chi connectivity index (χ2n) is 5.39. The van der Waals surface area contributed by atoms with Crippen molar-refractivity contribution in [2.75, 3.05) is 0 Å². The van der Waals surface area contributed by atoms with Crippen molar-refractivity contribution >= 4 is 19.4 Å². The van der Waals surface area contributed by atoms with Crippen LogP contribution in [0.2, 0.25) is 3.72 Å². The first-order valence-electron chi connectivity index (χ1n) is 6.81. The molecule has 7 heteroatoms. The fourth-order valence-corrected chi connectivity index (χ4v) is 7.06. The standard InChI is InChI=1S/C11H15.3CH2O2.Ti/c1-8-7-9(2)11-6-4-3-5-10(8)11;3*2-1-3;/h7H,3-6H2,1-2H3;3*1H,(H,2,3);/q;;;;+3/p-3. The maximum atomic E-state index is 10.9. The van der Waals surface area contributed by atoms with Crippen LogP contribution >= 0.6 is 0 Å². The molecule has 2 rings (SSSR count). The van der Waals surface area contributed by atoms with Crippen LogP contribution in [0.15, 0.2) is 22.8 Å². The Hall–Kier alpha value is -1.40. The van der Waals surface area contributed by atoms with E-state index in [9.17, 15) is 14.4 Å². The summed E-state index contributed by atoms with van der Waals surface area (Å²) in [6.07, 6.45) is 5.78. The van der Waals surface area contributed by atoms with Crippen LogP contribution in [-0.2, 0) is 42.1 Å². The summed E-state index contributed by atoms with van der Waals surface area (Å²) in [5.41, 5.74) is 3.34. The minimum absolute atomic E-state index is 0.197.